The molecular weight excluding hydrogens is 388 g/mol. The molecular formula is C23H32O7. The Morgan fingerprint density at radius 1 is 1.20 bits per heavy atom. The summed E-state index contributed by atoms with van der Waals surface area (Å²) in [5.74, 6) is -3.31. The maximum Gasteiger partial charge on any atom is 0.307 e. The third-order valence-corrected chi connectivity index (χ3v) is 9.35. The number of carbonyl (C=O) groups excluding carboxylic acids is 1. The Labute approximate surface area is 176 Å². The van der Waals surface area contributed by atoms with Crippen molar-refractivity contribution in [1.29, 1.82) is 0 Å². The highest BCUT2D eigenvalue weighted by molar-refractivity contribution is 5.92. The first-order valence-electron chi connectivity index (χ1n) is 11.0. The van der Waals surface area contributed by atoms with E-state index in [9.17, 15) is 29.7 Å². The van der Waals surface area contributed by atoms with Crippen LogP contribution in [0.25, 0.3) is 0 Å². The number of aliphatic carboxylic acids is 2. The van der Waals surface area contributed by atoms with Crippen molar-refractivity contribution in [3.05, 3.63) is 11.6 Å². The van der Waals surface area contributed by atoms with Gasteiger partial charge in [0.15, 0.2) is 5.78 Å². The smallest absolute Gasteiger partial charge is 0.307 e. The molecule has 30 heavy (non-hydrogen) atoms. The number of ketones is 1. The molecule has 8 atom stereocenters. The van der Waals surface area contributed by atoms with Crippen molar-refractivity contribution in [1.82, 2.24) is 0 Å². The van der Waals surface area contributed by atoms with E-state index in [4.69, 9.17) is 5.11 Å². The van der Waals surface area contributed by atoms with Gasteiger partial charge in [0.05, 0.1) is 17.6 Å². The number of carbonyl (C=O) groups is 3. The number of fused-ring (bicyclic) bond motifs is 5. The van der Waals surface area contributed by atoms with Crippen LogP contribution in [0, 0.1) is 34.5 Å². The highest BCUT2D eigenvalue weighted by Crippen LogP contribution is 2.69. The normalized spacial score (nSPS) is 47.7. The van der Waals surface area contributed by atoms with Crippen molar-refractivity contribution in [2.45, 2.75) is 76.9 Å². The first kappa shape index (κ1) is 21.5. The van der Waals surface area contributed by atoms with E-state index in [2.05, 4.69) is 6.92 Å². The molecule has 0 aromatic heterocycles. The van der Waals surface area contributed by atoms with Crippen LogP contribution in [0.15, 0.2) is 11.6 Å². The highest BCUT2D eigenvalue weighted by Gasteiger charge is 2.68. The van der Waals surface area contributed by atoms with Gasteiger partial charge >= 0.3 is 11.9 Å². The van der Waals surface area contributed by atoms with Crippen LogP contribution >= 0.6 is 0 Å². The van der Waals surface area contributed by atoms with Crippen molar-refractivity contribution in [2.24, 2.45) is 34.5 Å². The molecule has 4 aliphatic carbocycles. The SMILES string of the molecule is C[C@]12CCC(=O)C=C1C[C@@H](C(=O)O)[C@@H]1[C@@H]2[C@H](O)C[C@@]2(C)[C@H]1CC[C@@]2(O)CCC(=O)O. The minimum absolute atomic E-state index is 0.0177. The second kappa shape index (κ2) is 6.89. The lowest BCUT2D eigenvalue weighted by atomic mass is 9.43. The van der Waals surface area contributed by atoms with Crippen LogP contribution < -0.4 is 0 Å². The molecule has 0 saturated heterocycles. The molecule has 0 bridgehead atoms. The van der Waals surface area contributed by atoms with Gasteiger partial charge in [0.25, 0.3) is 0 Å². The van der Waals surface area contributed by atoms with E-state index >= 15 is 0 Å². The molecule has 0 unspecified atom stereocenters. The Morgan fingerprint density at radius 3 is 2.53 bits per heavy atom. The molecule has 0 aliphatic heterocycles. The summed E-state index contributed by atoms with van der Waals surface area (Å²) in [6.45, 7) is 3.96. The number of carboxylic acids is 2. The van der Waals surface area contributed by atoms with Crippen LogP contribution in [-0.4, -0.2) is 49.9 Å². The Balaban J connectivity index is 1.77. The molecule has 3 fully saturated rings. The van der Waals surface area contributed by atoms with Gasteiger partial charge in [0, 0.05) is 18.3 Å². The number of rotatable bonds is 4. The Bertz CT molecular complexity index is 818. The molecule has 3 saturated carbocycles. The summed E-state index contributed by atoms with van der Waals surface area (Å²) >= 11 is 0. The molecule has 0 amide bonds. The van der Waals surface area contributed by atoms with E-state index in [0.717, 1.165) is 5.57 Å². The molecule has 4 N–H and O–H groups in total. The standard InChI is InChI=1S/C23H32O7/c1-21-6-3-13(24)9-12(21)10-14(20(28)29)18-15-4-7-23(30,8-5-17(26)27)22(15,2)11-16(25)19(18)21/h9,14-16,18-19,25,30H,3-8,10-11H2,1-2H3,(H,26,27)(H,28,29)/t14-,15+,16-,18+,19+,21+,22+,23-/m1/s1. The predicted molar refractivity (Wildman–Crippen MR) is 106 cm³/mol. The van der Waals surface area contributed by atoms with Gasteiger partial charge in [-0.1, -0.05) is 19.4 Å². The molecule has 0 heterocycles. The highest BCUT2D eigenvalue weighted by atomic mass is 16.4. The van der Waals surface area contributed by atoms with Gasteiger partial charge in [-0.3, -0.25) is 14.4 Å². The van der Waals surface area contributed by atoms with E-state index < -0.39 is 40.4 Å². The number of aliphatic hydroxyl groups is 2. The van der Waals surface area contributed by atoms with Gasteiger partial charge in [-0.15, -0.1) is 0 Å². The fourth-order valence-corrected chi connectivity index (χ4v) is 7.75. The van der Waals surface area contributed by atoms with E-state index in [1.165, 1.54) is 0 Å². The Morgan fingerprint density at radius 2 is 1.90 bits per heavy atom. The Hall–Kier alpha value is -1.73. The van der Waals surface area contributed by atoms with Crippen molar-refractivity contribution in [3.8, 4) is 0 Å². The number of carboxylic acid groups (broad SMARTS) is 2. The number of hydrogen-bond donors (Lipinski definition) is 4. The van der Waals surface area contributed by atoms with Gasteiger partial charge in [-0.2, -0.15) is 0 Å². The van der Waals surface area contributed by atoms with E-state index in [1.54, 1.807) is 6.08 Å². The summed E-state index contributed by atoms with van der Waals surface area (Å²) in [5, 5.41) is 42.1. The second-order valence-corrected chi connectivity index (χ2v) is 10.6. The zero-order valence-electron chi connectivity index (χ0n) is 17.6. The third-order valence-electron chi connectivity index (χ3n) is 9.35. The van der Waals surface area contributed by atoms with Crippen molar-refractivity contribution >= 4 is 17.7 Å². The molecule has 4 rings (SSSR count). The average Bonchev–Trinajstić information content (AvgIpc) is 2.91. The maximum atomic E-state index is 12.3. The lowest BCUT2D eigenvalue weighted by Crippen LogP contribution is -2.62. The van der Waals surface area contributed by atoms with Crippen molar-refractivity contribution in [3.63, 3.8) is 0 Å². The molecule has 166 valence electrons. The maximum absolute atomic E-state index is 12.3. The summed E-state index contributed by atoms with van der Waals surface area (Å²) in [7, 11) is 0. The zero-order chi connectivity index (χ0) is 22.1. The number of aliphatic hydroxyl groups excluding tert-OH is 1. The predicted octanol–water partition coefficient (Wildman–Crippen LogP) is 2.40. The van der Waals surface area contributed by atoms with Crippen LogP contribution in [0.5, 0.6) is 0 Å². The van der Waals surface area contributed by atoms with Gasteiger partial charge in [-0.25, -0.2) is 0 Å². The molecule has 4 aliphatic rings. The zero-order valence-corrected chi connectivity index (χ0v) is 17.6. The van der Waals surface area contributed by atoms with E-state index in [0.29, 0.717) is 38.5 Å². The average molecular weight is 421 g/mol. The van der Waals surface area contributed by atoms with Gasteiger partial charge in [-0.05, 0) is 67.8 Å². The van der Waals surface area contributed by atoms with E-state index in [1.807, 2.05) is 6.92 Å². The quantitative estimate of drug-likeness (QED) is 0.549. The lowest BCUT2D eigenvalue weighted by Gasteiger charge is -2.62. The molecule has 7 heteroatoms. The minimum Gasteiger partial charge on any atom is -0.481 e. The van der Waals surface area contributed by atoms with E-state index in [-0.39, 0.29) is 36.4 Å². The first-order chi connectivity index (χ1) is 13.9. The summed E-state index contributed by atoms with van der Waals surface area (Å²) in [4.78, 5) is 35.5. The number of allylic oxidation sites excluding steroid dienone is 1. The second-order valence-electron chi connectivity index (χ2n) is 10.6. The first-order valence-corrected chi connectivity index (χ1v) is 11.0. The van der Waals surface area contributed by atoms with Crippen LogP contribution in [0.2, 0.25) is 0 Å². The van der Waals surface area contributed by atoms with Gasteiger partial charge < -0.3 is 20.4 Å². The minimum atomic E-state index is -1.23. The topological polar surface area (TPSA) is 132 Å². The Kier molecular flexibility index (Phi) is 4.94. The van der Waals surface area contributed by atoms with Crippen LogP contribution in [0.4, 0.5) is 0 Å². The lowest BCUT2D eigenvalue weighted by molar-refractivity contribution is -0.192. The summed E-state index contributed by atoms with van der Waals surface area (Å²) in [6, 6.07) is 0. The van der Waals surface area contributed by atoms with Crippen molar-refractivity contribution in [2.75, 3.05) is 0 Å². The molecule has 0 aromatic carbocycles. The molecule has 0 spiro atoms. The van der Waals surface area contributed by atoms with Crippen molar-refractivity contribution < 1.29 is 34.8 Å². The summed E-state index contributed by atoms with van der Waals surface area (Å²) in [6.07, 6.45) is 3.41. The largest absolute Gasteiger partial charge is 0.481 e. The molecule has 0 radical (unpaired) electrons. The molecule has 0 aromatic rings. The molecule has 7 nitrogen and oxygen atoms in total. The van der Waals surface area contributed by atoms with Crippen LogP contribution in [-0.2, 0) is 14.4 Å². The number of hydrogen-bond acceptors (Lipinski definition) is 5. The monoisotopic (exact) mass is 420 g/mol. The third kappa shape index (κ3) is 2.88. The van der Waals surface area contributed by atoms with Gasteiger partial charge in [0.2, 0.25) is 0 Å². The summed E-state index contributed by atoms with van der Waals surface area (Å²) in [5.41, 5.74) is -1.55. The fourth-order valence-electron chi connectivity index (χ4n) is 7.75. The van der Waals surface area contributed by atoms with Crippen LogP contribution in [0.1, 0.15) is 65.2 Å². The fraction of sp³-hybridized carbons (Fsp3) is 0.783. The van der Waals surface area contributed by atoms with Crippen LogP contribution in [0.3, 0.4) is 0 Å². The summed E-state index contributed by atoms with van der Waals surface area (Å²) < 4.78 is 0. The van der Waals surface area contributed by atoms with Gasteiger partial charge in [0.1, 0.15) is 0 Å².